The number of hydrogen-bond donors (Lipinski definition) is 0. The molecule has 2 aromatic heterocycles. The average molecular weight is 622 g/mol. The Kier molecular flexibility index (Phi) is 5.59. The summed E-state index contributed by atoms with van der Waals surface area (Å²) in [5.41, 5.74) is 9.33. The molecule has 0 spiro atoms. The van der Waals surface area contributed by atoms with E-state index in [0.29, 0.717) is 21.9 Å². The van der Waals surface area contributed by atoms with Gasteiger partial charge in [0.1, 0.15) is 23.2 Å². The molecule has 0 unspecified atom stereocenters. The van der Waals surface area contributed by atoms with Crippen molar-refractivity contribution < 1.29 is 13.9 Å². The van der Waals surface area contributed by atoms with Gasteiger partial charge in [0.05, 0.1) is 27.8 Å². The third kappa shape index (κ3) is 4.04. The maximum atomic E-state index is 13.8. The van der Waals surface area contributed by atoms with Gasteiger partial charge < -0.3 is 13.9 Å². The van der Waals surface area contributed by atoms with E-state index in [1.165, 1.54) is 6.33 Å². The highest BCUT2D eigenvalue weighted by molar-refractivity contribution is 5.96. The van der Waals surface area contributed by atoms with Crippen LogP contribution in [0.4, 0.5) is 17.1 Å². The van der Waals surface area contributed by atoms with Gasteiger partial charge in [-0.3, -0.25) is 9.69 Å². The third-order valence-electron chi connectivity index (χ3n) is 9.01. The Balaban J connectivity index is 1.04. The van der Waals surface area contributed by atoms with Crippen LogP contribution in [0.25, 0.3) is 55.4 Å². The summed E-state index contributed by atoms with van der Waals surface area (Å²) in [6.07, 6.45) is 3.18. The summed E-state index contributed by atoms with van der Waals surface area (Å²) in [5.74, 6) is 3.07. The largest absolute Gasteiger partial charge is 0.456 e. The van der Waals surface area contributed by atoms with E-state index in [1.807, 2.05) is 84.9 Å². The van der Waals surface area contributed by atoms with Gasteiger partial charge in [-0.05, 0) is 101 Å². The van der Waals surface area contributed by atoms with Crippen LogP contribution in [0.5, 0.6) is 23.0 Å². The van der Waals surface area contributed by atoms with Crippen LogP contribution < -0.4 is 19.8 Å². The maximum Gasteiger partial charge on any atom is 0.200 e. The molecule has 0 saturated heterocycles. The predicted octanol–water partition coefficient (Wildman–Crippen LogP) is 10.4. The molecule has 4 heterocycles. The smallest absolute Gasteiger partial charge is 0.200 e. The number of ether oxygens (including phenoxy) is 2. The first-order valence-electron chi connectivity index (χ1n) is 15.6. The molecule has 0 aliphatic carbocycles. The van der Waals surface area contributed by atoms with E-state index >= 15 is 0 Å². The summed E-state index contributed by atoms with van der Waals surface area (Å²) in [7, 11) is 0. The van der Waals surface area contributed by atoms with Crippen LogP contribution >= 0.6 is 0 Å². The molecule has 10 rings (SSSR count). The van der Waals surface area contributed by atoms with Gasteiger partial charge in [-0.2, -0.15) is 0 Å². The summed E-state index contributed by atoms with van der Waals surface area (Å²) in [6.45, 7) is 0. The third-order valence-corrected chi connectivity index (χ3v) is 9.01. The highest BCUT2D eigenvalue weighted by atomic mass is 16.5. The Morgan fingerprint density at radius 1 is 0.521 bits per heavy atom. The first-order chi connectivity index (χ1) is 23.7. The number of hydrogen-bond acceptors (Lipinski definition) is 7. The van der Waals surface area contributed by atoms with Gasteiger partial charge in [0.2, 0.25) is 5.43 Å². The molecule has 48 heavy (non-hydrogen) atoms. The monoisotopic (exact) mass is 621 g/mol. The second kappa shape index (κ2) is 10.1. The van der Waals surface area contributed by atoms with Crippen LogP contribution in [0.2, 0.25) is 0 Å². The highest BCUT2D eigenvalue weighted by Crippen LogP contribution is 2.59. The Morgan fingerprint density at radius 2 is 1.15 bits per heavy atom. The van der Waals surface area contributed by atoms with Gasteiger partial charge >= 0.3 is 0 Å². The molecular weight excluding hydrogens is 598 g/mol. The van der Waals surface area contributed by atoms with E-state index in [2.05, 4.69) is 57.3 Å². The molecule has 2 aliphatic heterocycles. The summed E-state index contributed by atoms with van der Waals surface area (Å²) < 4.78 is 18.9. The Morgan fingerprint density at radius 3 is 1.94 bits per heavy atom. The van der Waals surface area contributed by atoms with Gasteiger partial charge in [-0.25, -0.2) is 9.97 Å². The van der Waals surface area contributed by atoms with E-state index < -0.39 is 0 Å². The molecule has 0 fully saturated rings. The Bertz CT molecular complexity index is 2670. The zero-order chi connectivity index (χ0) is 31.8. The van der Waals surface area contributed by atoms with Crippen molar-refractivity contribution >= 4 is 39.0 Å². The van der Waals surface area contributed by atoms with Crippen molar-refractivity contribution in [1.29, 1.82) is 0 Å². The van der Waals surface area contributed by atoms with Gasteiger partial charge in [-0.1, -0.05) is 48.5 Å². The molecule has 2 aliphatic rings. The normalized spacial score (nSPS) is 12.5. The van der Waals surface area contributed by atoms with Crippen molar-refractivity contribution in [2.75, 3.05) is 4.90 Å². The summed E-state index contributed by atoms with van der Waals surface area (Å²) in [4.78, 5) is 24.3. The number of rotatable bonds is 3. The molecule has 8 aromatic rings. The van der Waals surface area contributed by atoms with Gasteiger partial charge in [0.25, 0.3) is 0 Å². The molecule has 7 heteroatoms. The van der Waals surface area contributed by atoms with Crippen molar-refractivity contribution in [3.05, 3.63) is 150 Å². The molecule has 0 saturated carbocycles. The lowest BCUT2D eigenvalue weighted by Crippen LogP contribution is -2.20. The number of para-hydroxylation sites is 3. The highest BCUT2D eigenvalue weighted by Gasteiger charge is 2.34. The molecule has 0 N–H and O–H groups in total. The quantitative estimate of drug-likeness (QED) is 0.182. The fraction of sp³-hybridized carbons (Fsp3) is 0. The van der Waals surface area contributed by atoms with Crippen LogP contribution in [0.15, 0.2) is 149 Å². The van der Waals surface area contributed by atoms with Crippen LogP contribution in [0, 0.1) is 0 Å². The van der Waals surface area contributed by atoms with Gasteiger partial charge in [0, 0.05) is 11.8 Å². The fourth-order valence-corrected chi connectivity index (χ4v) is 6.72. The first kappa shape index (κ1) is 26.5. The zero-order valence-electron chi connectivity index (χ0n) is 25.3. The van der Waals surface area contributed by atoms with E-state index in [0.717, 1.165) is 73.6 Å². The van der Waals surface area contributed by atoms with Crippen molar-refractivity contribution in [1.82, 2.24) is 9.97 Å². The minimum Gasteiger partial charge on any atom is -0.456 e. The van der Waals surface area contributed by atoms with E-state index in [1.54, 1.807) is 6.20 Å². The minimum absolute atomic E-state index is 0.0832. The lowest BCUT2D eigenvalue weighted by atomic mass is 9.97. The molecule has 7 nitrogen and oxygen atoms in total. The number of anilines is 3. The molecule has 6 aromatic carbocycles. The van der Waals surface area contributed by atoms with Crippen LogP contribution in [0.1, 0.15) is 0 Å². The van der Waals surface area contributed by atoms with Crippen molar-refractivity contribution in [2.45, 2.75) is 0 Å². The van der Waals surface area contributed by atoms with Crippen molar-refractivity contribution in [2.24, 2.45) is 0 Å². The maximum absolute atomic E-state index is 13.8. The zero-order valence-corrected chi connectivity index (χ0v) is 25.3. The molecule has 226 valence electrons. The van der Waals surface area contributed by atoms with E-state index in [9.17, 15) is 4.79 Å². The molecule has 0 atom stereocenters. The van der Waals surface area contributed by atoms with Crippen molar-refractivity contribution in [3.63, 3.8) is 0 Å². The standard InChI is InChI=1S/C41H23N3O4/c45-41-29-20-26(12-15-34(29)46-35-16-13-28(21-30(35)41)31-17-18-42-23-43-31)24-5-3-6-25(19-24)27-11-14-33-39(22-27)48-38-10-4-9-37-40(38)44(33)32-7-1-2-8-36(32)47-37/h1-23H. The molecule has 0 bridgehead atoms. The molecule has 0 amide bonds. The second-order valence-corrected chi connectivity index (χ2v) is 11.8. The SMILES string of the molecule is O=c1c2cc(-c3cccc(-c4ccc5c(c4)Oc4cccc6c4N5c4ccccc4O6)c3)ccc2oc2ccc(-c3ccncn3)cc12. The topological polar surface area (TPSA) is 77.7 Å². The van der Waals surface area contributed by atoms with Gasteiger partial charge in [0.15, 0.2) is 23.0 Å². The average Bonchev–Trinajstić information content (AvgIpc) is 3.15. The summed E-state index contributed by atoms with van der Waals surface area (Å²) in [6, 6.07) is 41.7. The molecular formula is C41H23N3O4. The van der Waals surface area contributed by atoms with Gasteiger partial charge in [-0.15, -0.1) is 0 Å². The van der Waals surface area contributed by atoms with Crippen LogP contribution in [-0.4, -0.2) is 9.97 Å². The first-order valence-corrected chi connectivity index (χ1v) is 15.6. The van der Waals surface area contributed by atoms with Crippen molar-refractivity contribution in [3.8, 4) is 56.5 Å². The number of nitrogens with zero attached hydrogens (tertiary/aromatic N) is 3. The second-order valence-electron chi connectivity index (χ2n) is 11.8. The lowest BCUT2D eigenvalue weighted by Gasteiger charge is -2.37. The lowest BCUT2D eigenvalue weighted by molar-refractivity contribution is 0.446. The molecule has 0 radical (unpaired) electrons. The van der Waals surface area contributed by atoms with E-state index in [-0.39, 0.29) is 5.43 Å². The predicted molar refractivity (Wildman–Crippen MR) is 187 cm³/mol. The number of aromatic nitrogens is 2. The Labute approximate surface area is 273 Å². The fourth-order valence-electron chi connectivity index (χ4n) is 6.72. The van der Waals surface area contributed by atoms with Crippen LogP contribution in [-0.2, 0) is 0 Å². The minimum atomic E-state index is -0.0832. The summed E-state index contributed by atoms with van der Waals surface area (Å²) >= 11 is 0. The van der Waals surface area contributed by atoms with Crippen LogP contribution in [0.3, 0.4) is 0 Å². The number of fused-ring (bicyclic) bond motifs is 6. The number of benzene rings is 6. The summed E-state index contributed by atoms with van der Waals surface area (Å²) in [5, 5.41) is 1.03. The van der Waals surface area contributed by atoms with E-state index in [4.69, 9.17) is 13.9 Å². The Hall–Kier alpha value is -6.73.